The normalized spacial score (nSPS) is 18.1. The topological polar surface area (TPSA) is 51.0 Å². The average Bonchev–Trinajstić information content (AvgIpc) is 3.24. The van der Waals surface area contributed by atoms with Gasteiger partial charge in [0.1, 0.15) is 0 Å². The Labute approximate surface area is 133 Å². The average molecular weight is 311 g/mol. The van der Waals surface area contributed by atoms with E-state index in [2.05, 4.69) is 58.0 Å². The van der Waals surface area contributed by atoms with Crippen molar-refractivity contribution in [3.8, 4) is 0 Å². The van der Waals surface area contributed by atoms with E-state index in [-0.39, 0.29) is 6.04 Å². The number of fused-ring (bicyclic) bond motifs is 1. The van der Waals surface area contributed by atoms with E-state index in [1.54, 1.807) is 11.8 Å². The molecule has 0 radical (unpaired) electrons. The molecule has 2 heterocycles. The fourth-order valence-corrected chi connectivity index (χ4v) is 3.65. The highest BCUT2D eigenvalue weighted by atomic mass is 32.2. The second-order valence-corrected chi connectivity index (χ2v) is 6.41. The molecule has 3 aromatic rings. The van der Waals surface area contributed by atoms with Gasteiger partial charge >= 0.3 is 0 Å². The van der Waals surface area contributed by atoms with Crippen molar-refractivity contribution in [2.24, 2.45) is 0 Å². The third-order valence-electron chi connectivity index (χ3n) is 4.01. The van der Waals surface area contributed by atoms with E-state index in [1.165, 1.54) is 22.8 Å². The summed E-state index contributed by atoms with van der Waals surface area (Å²) in [5.74, 6) is 1.55. The number of nitrogens with zero attached hydrogens (tertiary/aromatic N) is 2. The van der Waals surface area contributed by atoms with Gasteiger partial charge in [-0.25, -0.2) is 0 Å². The Morgan fingerprint density at radius 2 is 2.05 bits per heavy atom. The first kappa shape index (κ1) is 13.8. The Balaban J connectivity index is 1.50. The predicted molar refractivity (Wildman–Crippen MR) is 87.8 cm³/mol. The summed E-state index contributed by atoms with van der Waals surface area (Å²) in [6.07, 6.45) is 2.25. The number of hydrogen-bond donors (Lipinski definition) is 1. The van der Waals surface area contributed by atoms with Crippen molar-refractivity contribution in [3.63, 3.8) is 0 Å². The standard InChI is InChI=1S/C17H17N3OS/c1-2-8-14-12(5-1)6-3-7-13(14)11-22-17-20-19-16(21-17)15-9-4-10-18-15/h1-3,5-8,15,18H,4,9-11H2. The molecule has 5 heteroatoms. The minimum absolute atomic E-state index is 0.236. The molecule has 1 aromatic heterocycles. The van der Waals surface area contributed by atoms with Crippen molar-refractivity contribution in [2.75, 3.05) is 6.54 Å². The maximum absolute atomic E-state index is 5.78. The fraction of sp³-hybridized carbons (Fsp3) is 0.294. The number of thioether (sulfide) groups is 1. The fourth-order valence-electron chi connectivity index (χ4n) is 2.87. The molecule has 0 aliphatic carbocycles. The van der Waals surface area contributed by atoms with Gasteiger partial charge in [0.15, 0.2) is 0 Å². The summed E-state index contributed by atoms with van der Waals surface area (Å²) in [5, 5.41) is 14.9. The summed E-state index contributed by atoms with van der Waals surface area (Å²) in [5.41, 5.74) is 1.29. The molecule has 4 rings (SSSR count). The molecule has 22 heavy (non-hydrogen) atoms. The number of aromatic nitrogens is 2. The molecule has 1 aliphatic heterocycles. The highest BCUT2D eigenvalue weighted by molar-refractivity contribution is 7.98. The number of benzene rings is 2. The van der Waals surface area contributed by atoms with Crippen LogP contribution in [0.25, 0.3) is 10.8 Å². The molecule has 0 amide bonds. The molecule has 2 aromatic carbocycles. The SMILES string of the molecule is c1ccc2c(CSc3nnc(C4CCCN4)o3)cccc2c1. The molecular weight excluding hydrogens is 294 g/mol. The van der Waals surface area contributed by atoms with E-state index in [0.717, 1.165) is 24.6 Å². The zero-order valence-electron chi connectivity index (χ0n) is 12.2. The molecule has 112 valence electrons. The number of hydrogen-bond acceptors (Lipinski definition) is 5. The van der Waals surface area contributed by atoms with Crippen LogP contribution in [0.15, 0.2) is 52.1 Å². The van der Waals surface area contributed by atoms with Gasteiger partial charge in [-0.2, -0.15) is 0 Å². The molecule has 1 N–H and O–H groups in total. The first-order valence-electron chi connectivity index (χ1n) is 7.56. The van der Waals surface area contributed by atoms with Crippen LogP contribution in [0.2, 0.25) is 0 Å². The summed E-state index contributed by atoms with van der Waals surface area (Å²) in [6, 6.07) is 15.1. The highest BCUT2D eigenvalue weighted by Crippen LogP contribution is 2.29. The maximum atomic E-state index is 5.78. The van der Waals surface area contributed by atoms with Crippen LogP contribution in [0.3, 0.4) is 0 Å². The monoisotopic (exact) mass is 311 g/mol. The van der Waals surface area contributed by atoms with E-state index < -0.39 is 0 Å². The smallest absolute Gasteiger partial charge is 0.276 e. The van der Waals surface area contributed by atoms with Crippen molar-refractivity contribution in [2.45, 2.75) is 29.9 Å². The van der Waals surface area contributed by atoms with Crippen LogP contribution in [0, 0.1) is 0 Å². The van der Waals surface area contributed by atoms with E-state index >= 15 is 0 Å². The number of rotatable bonds is 4. The Bertz CT molecular complexity index is 775. The summed E-state index contributed by atoms with van der Waals surface area (Å²) >= 11 is 1.60. The molecule has 1 aliphatic rings. The molecule has 1 atom stereocenters. The quantitative estimate of drug-likeness (QED) is 0.740. The van der Waals surface area contributed by atoms with Gasteiger partial charge in [-0.1, -0.05) is 54.2 Å². The van der Waals surface area contributed by atoms with Crippen LogP contribution >= 0.6 is 11.8 Å². The molecular formula is C17H17N3OS. The second-order valence-electron chi connectivity index (χ2n) is 5.48. The Hall–Kier alpha value is -1.85. The van der Waals surface area contributed by atoms with Crippen LogP contribution in [-0.2, 0) is 5.75 Å². The van der Waals surface area contributed by atoms with Crippen molar-refractivity contribution >= 4 is 22.5 Å². The molecule has 0 spiro atoms. The zero-order valence-corrected chi connectivity index (χ0v) is 13.0. The van der Waals surface area contributed by atoms with Crippen molar-refractivity contribution in [1.29, 1.82) is 0 Å². The second kappa shape index (κ2) is 6.10. The van der Waals surface area contributed by atoms with Crippen LogP contribution in [0.1, 0.15) is 30.3 Å². The van der Waals surface area contributed by atoms with E-state index in [0.29, 0.717) is 5.22 Å². The molecule has 0 bridgehead atoms. The van der Waals surface area contributed by atoms with Gasteiger partial charge in [0.2, 0.25) is 5.89 Å². The molecule has 1 saturated heterocycles. The molecule has 4 nitrogen and oxygen atoms in total. The van der Waals surface area contributed by atoms with Crippen molar-refractivity contribution < 1.29 is 4.42 Å². The first-order chi connectivity index (χ1) is 10.9. The molecule has 1 fully saturated rings. The van der Waals surface area contributed by atoms with Gasteiger partial charge in [0, 0.05) is 5.75 Å². The largest absolute Gasteiger partial charge is 0.414 e. The Morgan fingerprint density at radius 1 is 1.14 bits per heavy atom. The zero-order chi connectivity index (χ0) is 14.8. The van der Waals surface area contributed by atoms with Gasteiger partial charge in [-0.15, -0.1) is 10.2 Å². The number of nitrogens with one attached hydrogen (secondary N) is 1. The first-order valence-corrected chi connectivity index (χ1v) is 8.55. The Morgan fingerprint density at radius 3 is 2.95 bits per heavy atom. The van der Waals surface area contributed by atoms with Crippen LogP contribution in [0.5, 0.6) is 0 Å². The third kappa shape index (κ3) is 2.74. The third-order valence-corrected chi connectivity index (χ3v) is 4.88. The van der Waals surface area contributed by atoms with Crippen molar-refractivity contribution in [1.82, 2.24) is 15.5 Å². The minimum Gasteiger partial charge on any atom is -0.414 e. The molecule has 1 unspecified atom stereocenters. The summed E-state index contributed by atoms with van der Waals surface area (Å²) in [4.78, 5) is 0. The lowest BCUT2D eigenvalue weighted by atomic mass is 10.1. The van der Waals surface area contributed by atoms with E-state index in [9.17, 15) is 0 Å². The van der Waals surface area contributed by atoms with Crippen LogP contribution in [0.4, 0.5) is 0 Å². The summed E-state index contributed by atoms with van der Waals surface area (Å²) in [7, 11) is 0. The van der Waals surface area contributed by atoms with Gasteiger partial charge in [0.05, 0.1) is 6.04 Å². The lowest BCUT2D eigenvalue weighted by Gasteiger charge is -2.05. The van der Waals surface area contributed by atoms with E-state index in [1.807, 2.05) is 0 Å². The predicted octanol–water partition coefficient (Wildman–Crippen LogP) is 3.94. The van der Waals surface area contributed by atoms with Gasteiger partial charge in [0.25, 0.3) is 5.22 Å². The summed E-state index contributed by atoms with van der Waals surface area (Å²) in [6.45, 7) is 1.03. The van der Waals surface area contributed by atoms with Crippen molar-refractivity contribution in [3.05, 3.63) is 53.9 Å². The van der Waals surface area contributed by atoms with E-state index in [4.69, 9.17) is 4.42 Å². The molecule has 0 saturated carbocycles. The summed E-state index contributed by atoms with van der Waals surface area (Å²) < 4.78 is 5.78. The van der Waals surface area contributed by atoms with Crippen LogP contribution < -0.4 is 5.32 Å². The van der Waals surface area contributed by atoms with Gasteiger partial charge in [-0.3, -0.25) is 0 Å². The lowest BCUT2D eigenvalue weighted by molar-refractivity contribution is 0.374. The Kier molecular flexibility index (Phi) is 3.83. The van der Waals surface area contributed by atoms with Gasteiger partial charge < -0.3 is 9.73 Å². The maximum Gasteiger partial charge on any atom is 0.276 e. The highest BCUT2D eigenvalue weighted by Gasteiger charge is 2.22. The van der Waals surface area contributed by atoms with Gasteiger partial charge in [-0.05, 0) is 35.7 Å². The lowest BCUT2D eigenvalue weighted by Crippen LogP contribution is -2.12. The van der Waals surface area contributed by atoms with Crippen LogP contribution in [-0.4, -0.2) is 16.7 Å². The minimum atomic E-state index is 0.236.